The number of ether oxygens (including phenoxy) is 1. The zero-order chi connectivity index (χ0) is 17.2. The molecule has 23 heavy (non-hydrogen) atoms. The average Bonchev–Trinajstić information content (AvgIpc) is 2.54. The van der Waals surface area contributed by atoms with Crippen LogP contribution in [0.1, 0.15) is 36.7 Å². The average molecular weight is 316 g/mol. The minimum Gasteiger partial charge on any atom is -0.497 e. The number of carbonyl (C=O) groups excluding carboxylic acids is 3. The molecule has 0 aliphatic heterocycles. The molecule has 1 aromatic rings. The molecule has 0 radical (unpaired) electrons. The van der Waals surface area contributed by atoms with Crippen molar-refractivity contribution in [3.8, 4) is 5.75 Å². The van der Waals surface area contributed by atoms with E-state index in [0.29, 0.717) is 11.3 Å². The molecular formula is C18H17FO4. The molecule has 2 atom stereocenters. The fourth-order valence-electron chi connectivity index (χ4n) is 3.74. The molecule has 0 saturated heterocycles. The summed E-state index contributed by atoms with van der Waals surface area (Å²) in [6, 6.07) is 4.59. The van der Waals surface area contributed by atoms with E-state index in [0.717, 1.165) is 0 Å². The fourth-order valence-corrected chi connectivity index (χ4v) is 3.74. The van der Waals surface area contributed by atoms with Crippen LogP contribution < -0.4 is 4.74 Å². The molecule has 2 aliphatic rings. The normalized spacial score (nSPS) is 31.6. The second kappa shape index (κ2) is 4.37. The summed E-state index contributed by atoms with van der Waals surface area (Å²) in [7, 11) is 1.47. The predicted molar refractivity (Wildman–Crippen MR) is 81.5 cm³/mol. The maximum Gasteiger partial charge on any atom is 0.242 e. The lowest BCUT2D eigenvalue weighted by atomic mass is 9.49. The topological polar surface area (TPSA) is 60.4 Å². The highest BCUT2D eigenvalue weighted by molar-refractivity contribution is 6.49. The number of halogens is 1. The van der Waals surface area contributed by atoms with E-state index < -0.39 is 33.8 Å². The van der Waals surface area contributed by atoms with Gasteiger partial charge in [-0.3, -0.25) is 14.4 Å². The number of carbonyl (C=O) groups is 3. The monoisotopic (exact) mass is 316 g/mol. The number of hydrogen-bond donors (Lipinski definition) is 0. The number of Topliss-reactive ketones (excluding diaryl/α,β-unsaturated/α-hetero) is 2. The summed E-state index contributed by atoms with van der Waals surface area (Å²) in [6.45, 7) is 4.28. The van der Waals surface area contributed by atoms with Gasteiger partial charge in [0.25, 0.3) is 0 Å². The molecule has 0 fully saturated rings. The molecular weight excluding hydrogens is 299 g/mol. The Balaban J connectivity index is 2.43. The molecule has 1 aromatic carbocycles. The van der Waals surface area contributed by atoms with Gasteiger partial charge in [0.05, 0.1) is 17.9 Å². The van der Waals surface area contributed by atoms with E-state index in [4.69, 9.17) is 4.74 Å². The van der Waals surface area contributed by atoms with Gasteiger partial charge in [0.2, 0.25) is 17.2 Å². The third-order valence-corrected chi connectivity index (χ3v) is 5.31. The van der Waals surface area contributed by atoms with Crippen LogP contribution in [0.15, 0.2) is 30.4 Å². The van der Waals surface area contributed by atoms with Crippen molar-refractivity contribution in [2.45, 2.75) is 31.9 Å². The van der Waals surface area contributed by atoms with Crippen molar-refractivity contribution in [1.29, 1.82) is 0 Å². The Labute approximate surface area is 133 Å². The second-order valence-electron chi connectivity index (χ2n) is 6.75. The summed E-state index contributed by atoms with van der Waals surface area (Å²) in [5, 5.41) is 0. The van der Waals surface area contributed by atoms with Crippen LogP contribution in [0.4, 0.5) is 4.39 Å². The number of methoxy groups -OCH3 is 1. The van der Waals surface area contributed by atoms with Crippen molar-refractivity contribution in [2.24, 2.45) is 5.41 Å². The van der Waals surface area contributed by atoms with Crippen molar-refractivity contribution >= 4 is 17.3 Å². The van der Waals surface area contributed by atoms with E-state index in [1.54, 1.807) is 19.1 Å². The lowest BCUT2D eigenvalue weighted by Crippen LogP contribution is -2.68. The number of ketones is 3. The Hall–Kier alpha value is -2.30. The second-order valence-corrected chi connectivity index (χ2v) is 6.75. The van der Waals surface area contributed by atoms with Gasteiger partial charge in [-0.05, 0) is 50.6 Å². The SMILES string of the molecule is COc1ccc2c(c1)C1(C)C=CC(=O)C(C)(C)C1(F)C(=O)C2=O. The van der Waals surface area contributed by atoms with Gasteiger partial charge >= 0.3 is 0 Å². The molecule has 120 valence electrons. The quantitative estimate of drug-likeness (QED) is 0.747. The Kier molecular flexibility index (Phi) is 2.96. The summed E-state index contributed by atoms with van der Waals surface area (Å²) in [4.78, 5) is 37.3. The van der Waals surface area contributed by atoms with Crippen LogP contribution in [0.2, 0.25) is 0 Å². The van der Waals surface area contributed by atoms with Crippen LogP contribution in [0, 0.1) is 5.41 Å². The first-order chi connectivity index (χ1) is 10.6. The van der Waals surface area contributed by atoms with Crippen LogP contribution in [-0.2, 0) is 15.0 Å². The number of alkyl halides is 1. The number of allylic oxidation sites excluding steroid dienone is 2. The molecule has 0 N–H and O–H groups in total. The van der Waals surface area contributed by atoms with Crippen LogP contribution in [0.3, 0.4) is 0 Å². The van der Waals surface area contributed by atoms with E-state index in [9.17, 15) is 14.4 Å². The molecule has 0 aromatic heterocycles. The summed E-state index contributed by atoms with van der Waals surface area (Å²) < 4.78 is 21.3. The maximum atomic E-state index is 16.1. The molecule has 0 saturated carbocycles. The summed E-state index contributed by atoms with van der Waals surface area (Å²) in [5.41, 5.74) is -5.17. The van der Waals surface area contributed by atoms with Gasteiger partial charge in [-0.15, -0.1) is 0 Å². The van der Waals surface area contributed by atoms with Crippen LogP contribution in [0.5, 0.6) is 5.75 Å². The highest BCUT2D eigenvalue weighted by Crippen LogP contribution is 2.57. The molecule has 0 heterocycles. The molecule has 0 bridgehead atoms. The molecule has 2 unspecified atom stereocenters. The standard InChI is InChI=1S/C18H17FO4/c1-16(2)13(20)7-8-17(3)12-9-10(23-4)5-6-11(12)14(21)15(22)18(16,17)19/h5-9H,1-4H3. The predicted octanol–water partition coefficient (Wildman–Crippen LogP) is 2.59. The summed E-state index contributed by atoms with van der Waals surface area (Å²) in [6.07, 6.45) is 2.69. The van der Waals surface area contributed by atoms with Crippen molar-refractivity contribution in [3.05, 3.63) is 41.5 Å². The Morgan fingerprint density at radius 3 is 2.35 bits per heavy atom. The lowest BCUT2D eigenvalue weighted by molar-refractivity contribution is -0.152. The molecule has 3 rings (SSSR count). The molecule has 0 spiro atoms. The lowest BCUT2D eigenvalue weighted by Gasteiger charge is -2.52. The number of hydrogen-bond acceptors (Lipinski definition) is 4. The van der Waals surface area contributed by atoms with Crippen LogP contribution in [-0.4, -0.2) is 30.1 Å². The highest BCUT2D eigenvalue weighted by Gasteiger charge is 2.70. The first-order valence-electron chi connectivity index (χ1n) is 7.31. The summed E-state index contributed by atoms with van der Waals surface area (Å²) in [5.74, 6) is -2.12. The van der Waals surface area contributed by atoms with E-state index in [1.807, 2.05) is 0 Å². The first-order valence-corrected chi connectivity index (χ1v) is 7.31. The van der Waals surface area contributed by atoms with Crippen molar-refractivity contribution in [1.82, 2.24) is 0 Å². The van der Waals surface area contributed by atoms with Gasteiger partial charge in [-0.1, -0.05) is 6.08 Å². The van der Waals surface area contributed by atoms with Gasteiger partial charge in [-0.2, -0.15) is 0 Å². The molecule has 4 nitrogen and oxygen atoms in total. The Morgan fingerprint density at radius 1 is 1.09 bits per heavy atom. The zero-order valence-corrected chi connectivity index (χ0v) is 13.4. The Morgan fingerprint density at radius 2 is 1.74 bits per heavy atom. The van der Waals surface area contributed by atoms with E-state index in [2.05, 4.69) is 0 Å². The minimum absolute atomic E-state index is 0.154. The van der Waals surface area contributed by atoms with Gasteiger partial charge in [0.1, 0.15) is 5.75 Å². The van der Waals surface area contributed by atoms with Crippen molar-refractivity contribution < 1.29 is 23.5 Å². The molecule has 0 amide bonds. The number of benzene rings is 1. The third kappa shape index (κ3) is 1.57. The van der Waals surface area contributed by atoms with Gasteiger partial charge in [0.15, 0.2) is 5.78 Å². The number of fused-ring (bicyclic) bond motifs is 3. The van der Waals surface area contributed by atoms with Gasteiger partial charge < -0.3 is 4.74 Å². The third-order valence-electron chi connectivity index (χ3n) is 5.31. The molecule has 5 heteroatoms. The first kappa shape index (κ1) is 15.6. The zero-order valence-electron chi connectivity index (χ0n) is 13.4. The highest BCUT2D eigenvalue weighted by atomic mass is 19.1. The van der Waals surface area contributed by atoms with E-state index >= 15 is 4.39 Å². The van der Waals surface area contributed by atoms with Crippen LogP contribution >= 0.6 is 0 Å². The Bertz CT molecular complexity index is 792. The van der Waals surface area contributed by atoms with Crippen molar-refractivity contribution in [2.75, 3.05) is 7.11 Å². The van der Waals surface area contributed by atoms with Crippen molar-refractivity contribution in [3.63, 3.8) is 0 Å². The van der Waals surface area contributed by atoms with Gasteiger partial charge in [-0.25, -0.2) is 4.39 Å². The smallest absolute Gasteiger partial charge is 0.242 e. The molecule has 2 aliphatic carbocycles. The van der Waals surface area contributed by atoms with Gasteiger partial charge in [0, 0.05) is 5.56 Å². The maximum absolute atomic E-state index is 16.1. The fraction of sp³-hybridized carbons (Fsp3) is 0.389. The summed E-state index contributed by atoms with van der Waals surface area (Å²) >= 11 is 0. The largest absolute Gasteiger partial charge is 0.497 e. The van der Waals surface area contributed by atoms with E-state index in [1.165, 1.54) is 39.2 Å². The van der Waals surface area contributed by atoms with E-state index in [-0.39, 0.29) is 5.56 Å². The van der Waals surface area contributed by atoms with Crippen LogP contribution in [0.25, 0.3) is 0 Å². The number of rotatable bonds is 1. The minimum atomic E-state index is -2.64.